The smallest absolute Gasteiger partial charge is 0.344 e. The summed E-state index contributed by atoms with van der Waals surface area (Å²) in [7, 11) is -3.73. The Kier molecular flexibility index (Phi) is 7.06. The van der Waals surface area contributed by atoms with Gasteiger partial charge in [0.25, 0.3) is 0 Å². The van der Waals surface area contributed by atoms with E-state index < -0.39 is 27.2 Å². The first kappa shape index (κ1) is 22.9. The van der Waals surface area contributed by atoms with Gasteiger partial charge in [0.15, 0.2) is 16.4 Å². The summed E-state index contributed by atoms with van der Waals surface area (Å²) in [5.74, 6) is -0.934. The molecular weight excluding hydrogens is 395 g/mol. The molecule has 0 heterocycles. The van der Waals surface area contributed by atoms with E-state index in [4.69, 9.17) is 9.47 Å². The first-order chi connectivity index (χ1) is 13.4. The van der Waals surface area contributed by atoms with Crippen LogP contribution < -0.4 is 4.74 Å². The largest absolute Gasteiger partial charge is 0.481 e. The number of ether oxygens (including phenoxy) is 2. The Bertz CT molecular complexity index is 991. The van der Waals surface area contributed by atoms with Gasteiger partial charge in [-0.05, 0) is 62.6 Å². The molecule has 0 amide bonds. The van der Waals surface area contributed by atoms with E-state index in [-0.39, 0.29) is 11.5 Å². The number of rotatable bonds is 7. The number of carbonyl (C=O) groups is 1. The molecule has 0 spiro atoms. The molecule has 0 radical (unpaired) electrons. The second-order valence-corrected chi connectivity index (χ2v) is 9.86. The Morgan fingerprint density at radius 1 is 1.10 bits per heavy atom. The molecule has 0 saturated carbocycles. The Hall–Kier alpha value is -2.41. The van der Waals surface area contributed by atoms with Gasteiger partial charge in [-0.15, -0.1) is 0 Å². The molecule has 7 heteroatoms. The maximum Gasteiger partial charge on any atom is 0.344 e. The fraction of sp³-hybridized carbons (Fsp3) is 0.409. The molecule has 2 rings (SSSR count). The molecule has 0 N–H and O–H groups in total. The van der Waals surface area contributed by atoms with Crippen molar-refractivity contribution in [1.82, 2.24) is 0 Å². The average molecular weight is 423 g/mol. The number of sulfone groups is 1. The quantitative estimate of drug-likeness (QED) is 0.612. The van der Waals surface area contributed by atoms with E-state index in [9.17, 15) is 17.6 Å². The van der Waals surface area contributed by atoms with Crippen LogP contribution in [0.4, 0.5) is 4.39 Å². The van der Waals surface area contributed by atoms with E-state index in [0.29, 0.717) is 16.9 Å². The van der Waals surface area contributed by atoms with Crippen molar-refractivity contribution in [1.29, 1.82) is 0 Å². The van der Waals surface area contributed by atoms with Gasteiger partial charge < -0.3 is 9.47 Å². The summed E-state index contributed by atoms with van der Waals surface area (Å²) in [6, 6.07) is 9.39. The summed E-state index contributed by atoms with van der Waals surface area (Å²) in [5, 5.41) is 0. The van der Waals surface area contributed by atoms with Gasteiger partial charge in [0.1, 0.15) is 22.1 Å². The molecule has 0 aromatic heterocycles. The van der Waals surface area contributed by atoms with Gasteiger partial charge in [0.2, 0.25) is 0 Å². The van der Waals surface area contributed by atoms with Gasteiger partial charge in [0.05, 0.1) is 0 Å². The zero-order valence-electron chi connectivity index (χ0n) is 17.4. The third kappa shape index (κ3) is 6.56. The number of esters is 1. The van der Waals surface area contributed by atoms with Crippen LogP contribution in [0.25, 0.3) is 11.1 Å². The van der Waals surface area contributed by atoms with Crippen LogP contribution in [-0.2, 0) is 25.8 Å². The summed E-state index contributed by atoms with van der Waals surface area (Å²) >= 11 is 0. The molecule has 0 unspecified atom stereocenters. The Morgan fingerprint density at radius 2 is 1.79 bits per heavy atom. The van der Waals surface area contributed by atoms with E-state index in [1.807, 2.05) is 19.1 Å². The molecule has 0 fully saturated rings. The summed E-state index contributed by atoms with van der Waals surface area (Å²) in [6.07, 6.45) is 2.71. The van der Waals surface area contributed by atoms with Crippen LogP contribution in [0, 0.1) is 5.82 Å². The van der Waals surface area contributed by atoms with Gasteiger partial charge in [-0.25, -0.2) is 17.6 Å². The predicted octanol–water partition coefficient (Wildman–Crippen LogP) is 4.57. The summed E-state index contributed by atoms with van der Waals surface area (Å²) in [4.78, 5) is 11.6. The van der Waals surface area contributed by atoms with Gasteiger partial charge >= 0.3 is 5.97 Å². The van der Waals surface area contributed by atoms with Crippen LogP contribution in [0.15, 0.2) is 41.3 Å². The van der Waals surface area contributed by atoms with Crippen molar-refractivity contribution in [2.24, 2.45) is 0 Å². The van der Waals surface area contributed by atoms with Crippen LogP contribution in [0.3, 0.4) is 0 Å². The molecule has 5 nitrogen and oxygen atoms in total. The summed E-state index contributed by atoms with van der Waals surface area (Å²) in [6.45, 7) is 7.05. The third-order valence-corrected chi connectivity index (χ3v) is 5.10. The standard InChI is InChI=1S/C22H27FO5S/c1-6-7-15-8-11-19(27-14-21(24)28-22(2,3)4)17(12-15)16-9-10-18(23)20(13-16)29(5,25)26/h8-13H,6-7,14H2,1-5H3. The number of aryl methyl sites for hydroxylation is 1. The second-order valence-electron chi connectivity index (χ2n) is 7.87. The van der Waals surface area contributed by atoms with Crippen LogP contribution in [0.5, 0.6) is 5.75 Å². The lowest BCUT2D eigenvalue weighted by Gasteiger charge is -2.20. The summed E-state index contributed by atoms with van der Waals surface area (Å²) < 4.78 is 48.8. The third-order valence-electron chi connectivity index (χ3n) is 3.99. The van der Waals surface area contributed by atoms with Gasteiger partial charge in [-0.1, -0.05) is 25.5 Å². The number of hydrogen-bond acceptors (Lipinski definition) is 5. The molecular formula is C22H27FO5S. The SMILES string of the molecule is CCCc1ccc(OCC(=O)OC(C)(C)C)c(-c2ccc(F)c(S(C)(=O)=O)c2)c1. The van der Waals surface area contributed by atoms with Crippen LogP contribution in [0.2, 0.25) is 0 Å². The zero-order valence-corrected chi connectivity index (χ0v) is 18.2. The maximum absolute atomic E-state index is 14.0. The van der Waals surface area contributed by atoms with Crippen LogP contribution >= 0.6 is 0 Å². The number of halogens is 1. The average Bonchev–Trinajstić information content (AvgIpc) is 2.59. The second kappa shape index (κ2) is 8.95. The molecule has 0 saturated heterocycles. The fourth-order valence-electron chi connectivity index (χ4n) is 2.84. The predicted molar refractivity (Wildman–Crippen MR) is 110 cm³/mol. The molecule has 0 atom stereocenters. The Balaban J connectivity index is 2.44. The minimum absolute atomic E-state index is 0.294. The fourth-order valence-corrected chi connectivity index (χ4v) is 3.60. The van der Waals surface area contributed by atoms with Crippen LogP contribution in [-0.4, -0.2) is 32.9 Å². The lowest BCUT2D eigenvalue weighted by atomic mass is 10.00. The van der Waals surface area contributed by atoms with E-state index in [2.05, 4.69) is 0 Å². The molecule has 0 aliphatic heterocycles. The van der Waals surface area contributed by atoms with Crippen molar-refractivity contribution in [3.8, 4) is 16.9 Å². The Morgan fingerprint density at radius 3 is 2.38 bits per heavy atom. The van der Waals surface area contributed by atoms with Gasteiger partial charge in [0, 0.05) is 11.8 Å². The van der Waals surface area contributed by atoms with E-state index in [1.54, 1.807) is 26.8 Å². The van der Waals surface area contributed by atoms with Crippen molar-refractivity contribution in [3.05, 3.63) is 47.8 Å². The van der Waals surface area contributed by atoms with Gasteiger partial charge in [-0.2, -0.15) is 0 Å². The first-order valence-electron chi connectivity index (χ1n) is 9.38. The topological polar surface area (TPSA) is 69.7 Å². The van der Waals surface area contributed by atoms with Crippen molar-refractivity contribution >= 4 is 15.8 Å². The molecule has 29 heavy (non-hydrogen) atoms. The van der Waals surface area contributed by atoms with E-state index in [0.717, 1.165) is 30.7 Å². The summed E-state index contributed by atoms with van der Waals surface area (Å²) in [5.41, 5.74) is 1.47. The van der Waals surface area contributed by atoms with Crippen molar-refractivity contribution in [2.75, 3.05) is 12.9 Å². The van der Waals surface area contributed by atoms with Crippen molar-refractivity contribution in [3.63, 3.8) is 0 Å². The highest BCUT2D eigenvalue weighted by molar-refractivity contribution is 7.90. The highest BCUT2D eigenvalue weighted by Gasteiger charge is 2.19. The van der Waals surface area contributed by atoms with Gasteiger partial charge in [-0.3, -0.25) is 0 Å². The minimum atomic E-state index is -3.73. The molecule has 2 aromatic carbocycles. The van der Waals surface area contributed by atoms with Crippen molar-refractivity contribution < 1.29 is 27.1 Å². The minimum Gasteiger partial charge on any atom is -0.481 e. The van der Waals surface area contributed by atoms with E-state index in [1.165, 1.54) is 12.1 Å². The first-order valence-corrected chi connectivity index (χ1v) is 11.3. The molecule has 0 aliphatic rings. The molecule has 0 aliphatic carbocycles. The van der Waals surface area contributed by atoms with Crippen LogP contribution in [0.1, 0.15) is 39.7 Å². The monoisotopic (exact) mass is 422 g/mol. The van der Waals surface area contributed by atoms with Crippen molar-refractivity contribution in [2.45, 2.75) is 51.0 Å². The number of hydrogen-bond donors (Lipinski definition) is 0. The number of carbonyl (C=O) groups excluding carboxylic acids is 1. The molecule has 158 valence electrons. The normalized spacial score (nSPS) is 11.9. The van der Waals surface area contributed by atoms with E-state index >= 15 is 0 Å². The zero-order chi connectivity index (χ0) is 21.8. The Labute approximate surface area is 171 Å². The highest BCUT2D eigenvalue weighted by Crippen LogP contribution is 2.33. The molecule has 2 aromatic rings. The lowest BCUT2D eigenvalue weighted by Crippen LogP contribution is -2.27. The highest BCUT2D eigenvalue weighted by atomic mass is 32.2. The molecule has 0 bridgehead atoms. The maximum atomic E-state index is 14.0. The lowest BCUT2D eigenvalue weighted by molar-refractivity contribution is -0.157. The number of benzene rings is 2.